The van der Waals surface area contributed by atoms with Gasteiger partial charge in [0.05, 0.1) is 6.61 Å². The summed E-state index contributed by atoms with van der Waals surface area (Å²) in [6, 6.07) is 4.86. The van der Waals surface area contributed by atoms with Crippen molar-refractivity contribution in [2.45, 2.75) is 155 Å². The fourth-order valence-electron chi connectivity index (χ4n) is 5.81. The summed E-state index contributed by atoms with van der Waals surface area (Å²) in [6.07, 6.45) is 24.6. The molecule has 0 aliphatic carbocycles. The van der Waals surface area contributed by atoms with Gasteiger partial charge in [0.2, 0.25) is 5.69 Å². The number of carbonyl (C=O) groups excluding carboxylic acids is 2. The molecule has 2 unspecified atom stereocenters. The summed E-state index contributed by atoms with van der Waals surface area (Å²) in [5.41, 5.74) is 0.132. The number of aromatic nitrogens is 1. The lowest BCUT2D eigenvalue weighted by molar-refractivity contribution is -0.701. The Morgan fingerprint density at radius 3 is 2.00 bits per heavy atom. The first-order chi connectivity index (χ1) is 20.5. The first-order valence-electron chi connectivity index (χ1n) is 17.1. The molecule has 42 heavy (non-hydrogen) atoms. The quantitative estimate of drug-likeness (QED) is 0.0919. The second kappa shape index (κ2) is 22.5. The second-order valence-corrected chi connectivity index (χ2v) is 12.2. The zero-order valence-corrected chi connectivity index (χ0v) is 27.1. The first kappa shape index (κ1) is 36.2. The van der Waals surface area contributed by atoms with Gasteiger partial charge in [-0.1, -0.05) is 109 Å². The van der Waals surface area contributed by atoms with Gasteiger partial charge in [0.25, 0.3) is 0 Å². The predicted molar refractivity (Wildman–Crippen MR) is 168 cm³/mol. The third-order valence-electron chi connectivity index (χ3n) is 8.44. The van der Waals surface area contributed by atoms with E-state index in [1.807, 2.05) is 35.9 Å². The van der Waals surface area contributed by atoms with E-state index in [2.05, 4.69) is 12.2 Å². The Kier molecular flexibility index (Phi) is 19.4. The summed E-state index contributed by atoms with van der Waals surface area (Å²) < 4.78 is 19.5. The van der Waals surface area contributed by atoms with Gasteiger partial charge < -0.3 is 19.5 Å². The van der Waals surface area contributed by atoms with Crippen LogP contribution >= 0.6 is 0 Å². The number of ketones is 1. The SMILES string of the molecule is CCCCCCCCCCCCCCCCCCOCC1(COC(=O)NC(C(C)=O)c2cccc[n+]2CC)CCCO1. The number of hydrogen-bond donors (Lipinski definition) is 1. The summed E-state index contributed by atoms with van der Waals surface area (Å²) in [6.45, 7) is 8.34. The van der Waals surface area contributed by atoms with Crippen molar-refractivity contribution in [3.63, 3.8) is 0 Å². The van der Waals surface area contributed by atoms with Crippen molar-refractivity contribution >= 4 is 11.9 Å². The van der Waals surface area contributed by atoms with Crippen LogP contribution < -0.4 is 9.88 Å². The number of nitrogens with zero attached hydrogens (tertiary/aromatic N) is 1. The second-order valence-electron chi connectivity index (χ2n) is 12.2. The molecule has 0 radical (unpaired) electrons. The molecule has 1 aromatic heterocycles. The van der Waals surface area contributed by atoms with Crippen LogP contribution in [-0.2, 0) is 25.5 Å². The maximum atomic E-state index is 12.7. The summed E-state index contributed by atoms with van der Waals surface area (Å²) in [4.78, 5) is 25.0. The molecule has 2 atom stereocenters. The Hall–Kier alpha value is -1.99. The van der Waals surface area contributed by atoms with E-state index in [-0.39, 0.29) is 12.4 Å². The van der Waals surface area contributed by atoms with Gasteiger partial charge in [-0.15, -0.1) is 0 Å². The normalized spacial score (nSPS) is 17.3. The van der Waals surface area contributed by atoms with E-state index in [0.29, 0.717) is 26.4 Å². The number of aryl methyl sites for hydroxylation is 1. The van der Waals surface area contributed by atoms with Crippen LogP contribution in [0.3, 0.4) is 0 Å². The van der Waals surface area contributed by atoms with Crippen molar-refractivity contribution in [2.75, 3.05) is 26.4 Å². The molecule has 2 rings (SSSR count). The van der Waals surface area contributed by atoms with Crippen molar-refractivity contribution in [3.8, 4) is 0 Å². The predicted octanol–water partition coefficient (Wildman–Crippen LogP) is 8.18. The standard InChI is InChI=1S/C35H60N2O5/c1-4-6-7-8-9-10-11-12-13-14-15-16-17-18-19-22-27-40-29-35(25-23-28-42-35)30-41-34(39)36-33(31(3)38)32-24-20-21-26-37(32)5-2/h20-21,24,26,33H,4-19,22-23,25,27-30H2,1-3H3/p+1. The Morgan fingerprint density at radius 2 is 1.48 bits per heavy atom. The lowest BCUT2D eigenvalue weighted by atomic mass is 10.0. The third-order valence-corrected chi connectivity index (χ3v) is 8.44. The van der Waals surface area contributed by atoms with Gasteiger partial charge in [0.15, 0.2) is 18.0 Å². The monoisotopic (exact) mass is 589 g/mol. The van der Waals surface area contributed by atoms with Crippen molar-refractivity contribution in [1.29, 1.82) is 0 Å². The maximum absolute atomic E-state index is 12.7. The molecule has 7 heteroatoms. The van der Waals surface area contributed by atoms with Gasteiger partial charge in [-0.3, -0.25) is 4.79 Å². The molecule has 2 heterocycles. The van der Waals surface area contributed by atoms with E-state index in [4.69, 9.17) is 14.2 Å². The highest BCUT2D eigenvalue weighted by Crippen LogP contribution is 2.27. The summed E-state index contributed by atoms with van der Waals surface area (Å²) in [5, 5.41) is 2.75. The molecule has 0 bridgehead atoms. The van der Waals surface area contributed by atoms with E-state index >= 15 is 0 Å². The van der Waals surface area contributed by atoms with Crippen LogP contribution in [0.25, 0.3) is 0 Å². The van der Waals surface area contributed by atoms with E-state index < -0.39 is 17.7 Å². The number of carbonyl (C=O) groups is 2. The highest BCUT2D eigenvalue weighted by molar-refractivity contribution is 5.85. The molecule has 1 amide bonds. The number of hydrogen-bond acceptors (Lipinski definition) is 5. The first-order valence-corrected chi connectivity index (χ1v) is 17.1. The van der Waals surface area contributed by atoms with Crippen molar-refractivity contribution < 1.29 is 28.4 Å². The van der Waals surface area contributed by atoms with Gasteiger partial charge in [0.1, 0.15) is 18.8 Å². The van der Waals surface area contributed by atoms with Crippen molar-refractivity contribution in [2.24, 2.45) is 0 Å². The molecule has 0 saturated carbocycles. The lowest BCUT2D eigenvalue weighted by Crippen LogP contribution is -2.46. The van der Waals surface area contributed by atoms with Gasteiger partial charge >= 0.3 is 6.09 Å². The Balaban J connectivity index is 1.53. The Bertz CT molecular complexity index is 856. The van der Waals surface area contributed by atoms with E-state index in [1.54, 1.807) is 0 Å². The largest absolute Gasteiger partial charge is 0.446 e. The molecule has 240 valence electrons. The minimum Gasteiger partial charge on any atom is -0.446 e. The number of amides is 1. The van der Waals surface area contributed by atoms with Crippen LogP contribution in [0.15, 0.2) is 24.4 Å². The fraction of sp³-hybridized carbons (Fsp3) is 0.800. The minimum atomic E-state index is -0.759. The highest BCUT2D eigenvalue weighted by Gasteiger charge is 2.38. The number of rotatable bonds is 25. The molecule has 0 spiro atoms. The number of pyridine rings is 1. The number of Topliss-reactive ketones (excluding diaryl/α,β-unsaturated/α-hetero) is 1. The number of unbranched alkanes of at least 4 members (excludes halogenated alkanes) is 15. The molecular formula is C35H61N2O5+. The summed E-state index contributed by atoms with van der Waals surface area (Å²) >= 11 is 0. The fourth-order valence-corrected chi connectivity index (χ4v) is 5.81. The molecule has 0 aromatic carbocycles. The lowest BCUT2D eigenvalue weighted by Gasteiger charge is -2.28. The summed E-state index contributed by atoms with van der Waals surface area (Å²) in [7, 11) is 0. The average Bonchev–Trinajstić information content (AvgIpc) is 3.47. The van der Waals surface area contributed by atoms with E-state index in [0.717, 1.165) is 25.0 Å². The highest BCUT2D eigenvalue weighted by atomic mass is 16.6. The Labute approximate surface area is 256 Å². The summed E-state index contributed by atoms with van der Waals surface area (Å²) in [5.74, 6) is -0.144. The third kappa shape index (κ3) is 15.0. The number of ether oxygens (including phenoxy) is 3. The van der Waals surface area contributed by atoms with Gasteiger partial charge in [-0.2, -0.15) is 0 Å². The molecule has 7 nitrogen and oxygen atoms in total. The van der Waals surface area contributed by atoms with Crippen LogP contribution in [0.1, 0.15) is 148 Å². The zero-order chi connectivity index (χ0) is 30.3. The molecule has 1 N–H and O–H groups in total. The van der Waals surface area contributed by atoms with Crippen LogP contribution in [0.2, 0.25) is 0 Å². The van der Waals surface area contributed by atoms with Gasteiger partial charge in [-0.05, 0) is 33.1 Å². The van der Waals surface area contributed by atoms with Crippen LogP contribution in [0.5, 0.6) is 0 Å². The molecule has 1 aliphatic heterocycles. The molecule has 1 aromatic rings. The molecule has 1 saturated heterocycles. The topological polar surface area (TPSA) is 77.7 Å². The molecule has 1 fully saturated rings. The maximum Gasteiger partial charge on any atom is 0.408 e. The Morgan fingerprint density at radius 1 is 0.881 bits per heavy atom. The molecular weight excluding hydrogens is 528 g/mol. The molecule has 1 aliphatic rings. The average molecular weight is 590 g/mol. The number of alkyl carbamates (subject to hydrolysis) is 1. The van der Waals surface area contributed by atoms with Crippen LogP contribution in [0.4, 0.5) is 4.79 Å². The van der Waals surface area contributed by atoms with Gasteiger partial charge in [-0.25, -0.2) is 9.36 Å². The van der Waals surface area contributed by atoms with Crippen molar-refractivity contribution in [3.05, 3.63) is 30.1 Å². The van der Waals surface area contributed by atoms with Crippen LogP contribution in [0, 0.1) is 0 Å². The zero-order valence-electron chi connectivity index (χ0n) is 27.1. The van der Waals surface area contributed by atoms with Crippen LogP contribution in [-0.4, -0.2) is 43.9 Å². The number of nitrogens with one attached hydrogen (secondary N) is 1. The smallest absolute Gasteiger partial charge is 0.408 e. The van der Waals surface area contributed by atoms with E-state index in [1.165, 1.54) is 103 Å². The minimum absolute atomic E-state index is 0.116. The van der Waals surface area contributed by atoms with Gasteiger partial charge in [0, 0.05) is 25.3 Å². The van der Waals surface area contributed by atoms with E-state index in [9.17, 15) is 9.59 Å². The van der Waals surface area contributed by atoms with Crippen molar-refractivity contribution in [1.82, 2.24) is 5.32 Å².